The fourth-order valence-corrected chi connectivity index (χ4v) is 2.77. The van der Waals surface area contributed by atoms with Crippen LogP contribution in [0.15, 0.2) is 24.3 Å². The molecule has 1 saturated heterocycles. The van der Waals surface area contributed by atoms with Crippen molar-refractivity contribution in [3.63, 3.8) is 0 Å². The first kappa shape index (κ1) is 14.4. The van der Waals surface area contributed by atoms with Gasteiger partial charge in [0.25, 0.3) is 5.91 Å². The molecule has 1 aliphatic heterocycles. The standard InChI is InChI=1S/C15H18ClN3O2/c16-12-3-1-2-11(10-12)13(20)18-6-8-19(9-7-18)14(21)15(17)4-5-15/h1-3,10H,4-9,17H2. The molecular weight excluding hydrogens is 290 g/mol. The highest BCUT2D eigenvalue weighted by Crippen LogP contribution is 2.34. The zero-order valence-corrected chi connectivity index (χ0v) is 12.5. The molecule has 2 fully saturated rings. The van der Waals surface area contributed by atoms with Crippen molar-refractivity contribution in [2.45, 2.75) is 18.4 Å². The molecule has 0 radical (unpaired) electrons. The lowest BCUT2D eigenvalue weighted by atomic mass is 10.1. The van der Waals surface area contributed by atoms with Crippen molar-refractivity contribution in [1.82, 2.24) is 9.80 Å². The summed E-state index contributed by atoms with van der Waals surface area (Å²) in [5.74, 6) is -0.0177. The van der Waals surface area contributed by atoms with Gasteiger partial charge in [-0.15, -0.1) is 0 Å². The Hall–Kier alpha value is -1.59. The topological polar surface area (TPSA) is 66.6 Å². The quantitative estimate of drug-likeness (QED) is 0.890. The molecule has 0 aromatic heterocycles. The van der Waals surface area contributed by atoms with Crippen LogP contribution in [0.25, 0.3) is 0 Å². The van der Waals surface area contributed by atoms with Crippen molar-refractivity contribution in [3.8, 4) is 0 Å². The van der Waals surface area contributed by atoms with E-state index >= 15 is 0 Å². The molecule has 2 aliphatic rings. The molecule has 21 heavy (non-hydrogen) atoms. The summed E-state index contributed by atoms with van der Waals surface area (Å²) in [7, 11) is 0. The Morgan fingerprint density at radius 3 is 2.29 bits per heavy atom. The maximum absolute atomic E-state index is 12.4. The van der Waals surface area contributed by atoms with Gasteiger partial charge in [0.2, 0.25) is 5.91 Å². The van der Waals surface area contributed by atoms with Gasteiger partial charge in [0.1, 0.15) is 0 Å². The summed E-state index contributed by atoms with van der Waals surface area (Å²) in [6.45, 7) is 2.16. The fourth-order valence-electron chi connectivity index (χ4n) is 2.58. The first-order valence-electron chi connectivity index (χ1n) is 7.13. The largest absolute Gasteiger partial charge is 0.338 e. The molecule has 0 bridgehead atoms. The molecule has 0 atom stereocenters. The number of amides is 2. The first-order chi connectivity index (χ1) is 9.99. The van der Waals surface area contributed by atoms with Crippen LogP contribution >= 0.6 is 11.6 Å². The van der Waals surface area contributed by atoms with Crippen molar-refractivity contribution in [1.29, 1.82) is 0 Å². The van der Waals surface area contributed by atoms with Crippen LogP contribution in [-0.4, -0.2) is 53.3 Å². The number of rotatable bonds is 2. The second-order valence-electron chi connectivity index (χ2n) is 5.75. The van der Waals surface area contributed by atoms with Gasteiger partial charge in [-0.05, 0) is 31.0 Å². The van der Waals surface area contributed by atoms with E-state index in [-0.39, 0.29) is 11.8 Å². The Morgan fingerprint density at radius 1 is 1.10 bits per heavy atom. The number of nitrogens with two attached hydrogens (primary N) is 1. The predicted molar refractivity (Wildman–Crippen MR) is 80.1 cm³/mol. The highest BCUT2D eigenvalue weighted by atomic mass is 35.5. The van der Waals surface area contributed by atoms with Crippen molar-refractivity contribution >= 4 is 23.4 Å². The highest BCUT2D eigenvalue weighted by Gasteiger charge is 2.48. The molecule has 3 rings (SSSR count). The predicted octanol–water partition coefficient (Wildman–Crippen LogP) is 1.12. The second kappa shape index (κ2) is 5.31. The van der Waals surface area contributed by atoms with Crippen LogP contribution in [0.2, 0.25) is 5.02 Å². The van der Waals surface area contributed by atoms with E-state index < -0.39 is 5.54 Å². The van der Waals surface area contributed by atoms with Gasteiger partial charge in [-0.3, -0.25) is 9.59 Å². The molecule has 112 valence electrons. The number of halogens is 1. The Balaban J connectivity index is 1.60. The van der Waals surface area contributed by atoms with Gasteiger partial charge in [0, 0.05) is 36.8 Å². The Morgan fingerprint density at radius 2 is 1.71 bits per heavy atom. The number of nitrogens with zero attached hydrogens (tertiary/aromatic N) is 2. The number of hydrogen-bond acceptors (Lipinski definition) is 3. The van der Waals surface area contributed by atoms with Crippen LogP contribution in [0.4, 0.5) is 0 Å². The molecule has 0 spiro atoms. The molecule has 1 aromatic carbocycles. The molecule has 2 N–H and O–H groups in total. The molecule has 1 aromatic rings. The van der Waals surface area contributed by atoms with Gasteiger partial charge in [-0.25, -0.2) is 0 Å². The highest BCUT2D eigenvalue weighted by molar-refractivity contribution is 6.30. The summed E-state index contributed by atoms with van der Waals surface area (Å²) in [6, 6.07) is 6.93. The SMILES string of the molecule is NC1(C(=O)N2CCN(C(=O)c3cccc(Cl)c3)CC2)CC1. The van der Waals surface area contributed by atoms with Gasteiger partial charge in [0.15, 0.2) is 0 Å². The van der Waals surface area contributed by atoms with Gasteiger partial charge in [-0.1, -0.05) is 17.7 Å². The van der Waals surface area contributed by atoms with Gasteiger partial charge in [0.05, 0.1) is 5.54 Å². The maximum Gasteiger partial charge on any atom is 0.254 e. The van der Waals surface area contributed by atoms with Gasteiger partial charge >= 0.3 is 0 Å². The van der Waals surface area contributed by atoms with Crippen LogP contribution in [0, 0.1) is 0 Å². The zero-order valence-electron chi connectivity index (χ0n) is 11.7. The molecular formula is C15H18ClN3O2. The summed E-state index contributed by atoms with van der Waals surface area (Å²) < 4.78 is 0. The van der Waals surface area contributed by atoms with E-state index in [0.717, 1.165) is 12.8 Å². The summed E-state index contributed by atoms with van der Waals surface area (Å²) in [5.41, 5.74) is 5.89. The molecule has 1 aliphatic carbocycles. The molecule has 2 amide bonds. The normalized spacial score (nSPS) is 20.3. The van der Waals surface area contributed by atoms with Crippen LogP contribution in [0.1, 0.15) is 23.2 Å². The number of carbonyl (C=O) groups excluding carboxylic acids is 2. The van der Waals surface area contributed by atoms with Crippen LogP contribution in [-0.2, 0) is 4.79 Å². The van der Waals surface area contributed by atoms with Crippen molar-refractivity contribution in [2.75, 3.05) is 26.2 Å². The van der Waals surface area contributed by atoms with Crippen LogP contribution in [0.3, 0.4) is 0 Å². The summed E-state index contributed by atoms with van der Waals surface area (Å²) in [6.07, 6.45) is 1.54. The minimum Gasteiger partial charge on any atom is -0.338 e. The van der Waals surface area contributed by atoms with Crippen molar-refractivity contribution < 1.29 is 9.59 Å². The molecule has 1 saturated carbocycles. The van der Waals surface area contributed by atoms with E-state index in [0.29, 0.717) is 36.8 Å². The lowest BCUT2D eigenvalue weighted by Crippen LogP contribution is -2.55. The Bertz CT molecular complexity index is 578. The van der Waals surface area contributed by atoms with Crippen LogP contribution < -0.4 is 5.73 Å². The third-order valence-electron chi connectivity index (χ3n) is 4.14. The molecule has 5 nitrogen and oxygen atoms in total. The van der Waals surface area contributed by atoms with Crippen molar-refractivity contribution in [2.24, 2.45) is 5.73 Å². The van der Waals surface area contributed by atoms with E-state index in [1.165, 1.54) is 0 Å². The monoisotopic (exact) mass is 307 g/mol. The van der Waals surface area contributed by atoms with Gasteiger partial charge < -0.3 is 15.5 Å². The molecule has 1 heterocycles. The average molecular weight is 308 g/mol. The zero-order chi connectivity index (χ0) is 15.0. The van der Waals surface area contributed by atoms with Gasteiger partial charge in [-0.2, -0.15) is 0 Å². The second-order valence-corrected chi connectivity index (χ2v) is 6.19. The minimum atomic E-state index is -0.626. The smallest absolute Gasteiger partial charge is 0.254 e. The number of piperazine rings is 1. The number of hydrogen-bond donors (Lipinski definition) is 1. The molecule has 6 heteroatoms. The summed E-state index contributed by atoms with van der Waals surface area (Å²) >= 11 is 5.91. The van der Waals surface area contributed by atoms with E-state index in [1.54, 1.807) is 34.1 Å². The summed E-state index contributed by atoms with van der Waals surface area (Å²) in [4.78, 5) is 28.1. The lowest BCUT2D eigenvalue weighted by molar-refractivity contribution is -0.135. The minimum absolute atomic E-state index is 0.0253. The third-order valence-corrected chi connectivity index (χ3v) is 4.38. The first-order valence-corrected chi connectivity index (χ1v) is 7.50. The summed E-state index contributed by atoms with van der Waals surface area (Å²) in [5, 5.41) is 0.550. The van der Waals surface area contributed by atoms with E-state index in [9.17, 15) is 9.59 Å². The lowest BCUT2D eigenvalue weighted by Gasteiger charge is -2.36. The number of carbonyl (C=O) groups is 2. The number of benzene rings is 1. The van der Waals surface area contributed by atoms with Crippen LogP contribution in [0.5, 0.6) is 0 Å². The Kier molecular flexibility index (Phi) is 3.63. The van der Waals surface area contributed by atoms with E-state index in [2.05, 4.69) is 0 Å². The van der Waals surface area contributed by atoms with E-state index in [4.69, 9.17) is 17.3 Å². The van der Waals surface area contributed by atoms with Crippen molar-refractivity contribution in [3.05, 3.63) is 34.9 Å². The maximum atomic E-state index is 12.4. The van der Waals surface area contributed by atoms with E-state index in [1.807, 2.05) is 0 Å². The third kappa shape index (κ3) is 2.89. The fraction of sp³-hybridized carbons (Fsp3) is 0.467. The average Bonchev–Trinajstić information content (AvgIpc) is 3.25. The Labute approximate surface area is 128 Å². The molecule has 0 unspecified atom stereocenters.